The summed E-state index contributed by atoms with van der Waals surface area (Å²) in [5.74, 6) is -5.87. The van der Waals surface area contributed by atoms with Crippen LogP contribution in [0.4, 0.5) is 10.5 Å². The Hall–Kier alpha value is -5.56. The standard InChI is InChI=1S/C31H30N4O9/c1-19(36)26(34(22-11-7-4-8-12-22)27(40)24(32)17-25(38)39)28(41)44-35-29(42)31(2,21-13-15-23(37)16-14-21)33(30(35)43)18-20-9-5-3-6-10-20/h3-16,24,26,37H,17-18,32H2,1-2H3,(H,38,39)/t24-,26-,31+/m0/s1. The molecule has 44 heavy (non-hydrogen) atoms. The van der Waals surface area contributed by atoms with Crippen LogP contribution in [0.15, 0.2) is 84.9 Å². The number of hydroxylamine groups is 2. The molecule has 4 amide bonds. The summed E-state index contributed by atoms with van der Waals surface area (Å²) in [6.45, 7) is 2.36. The molecule has 0 bridgehead atoms. The highest BCUT2D eigenvalue weighted by Gasteiger charge is 2.58. The lowest BCUT2D eigenvalue weighted by molar-refractivity contribution is -0.186. The number of phenolic OH excluding ortho intramolecular Hbond substituents is 1. The highest BCUT2D eigenvalue weighted by molar-refractivity contribution is 6.15. The molecule has 228 valence electrons. The van der Waals surface area contributed by atoms with Gasteiger partial charge in [-0.3, -0.25) is 29.0 Å². The number of aromatic hydroxyl groups is 1. The summed E-state index contributed by atoms with van der Waals surface area (Å²) in [5.41, 5.74) is 5.08. The van der Waals surface area contributed by atoms with E-state index in [0.717, 1.165) is 6.92 Å². The van der Waals surface area contributed by atoms with Gasteiger partial charge in [-0.15, -0.1) is 0 Å². The molecule has 13 nitrogen and oxygen atoms in total. The van der Waals surface area contributed by atoms with Crippen molar-refractivity contribution in [3.05, 3.63) is 96.1 Å². The number of carbonyl (C=O) groups is 6. The predicted octanol–water partition coefficient (Wildman–Crippen LogP) is 2.32. The Bertz CT molecular complexity index is 1580. The molecule has 3 aromatic rings. The van der Waals surface area contributed by atoms with Crippen LogP contribution in [0.2, 0.25) is 0 Å². The van der Waals surface area contributed by atoms with Crippen molar-refractivity contribution in [1.82, 2.24) is 9.96 Å². The number of Topliss-reactive ketones (excluding diaryl/α,β-unsaturated/α-hetero) is 1. The van der Waals surface area contributed by atoms with E-state index >= 15 is 0 Å². The van der Waals surface area contributed by atoms with Gasteiger partial charge in [-0.2, -0.15) is 0 Å². The molecule has 0 spiro atoms. The molecule has 13 heteroatoms. The predicted molar refractivity (Wildman–Crippen MR) is 154 cm³/mol. The number of hydrogen-bond acceptors (Lipinski definition) is 9. The first kappa shape index (κ1) is 31.4. The molecule has 1 heterocycles. The molecule has 1 saturated heterocycles. The third-order valence-corrected chi connectivity index (χ3v) is 7.19. The van der Waals surface area contributed by atoms with Gasteiger partial charge in [0.25, 0.3) is 5.91 Å². The monoisotopic (exact) mass is 602 g/mol. The van der Waals surface area contributed by atoms with Gasteiger partial charge >= 0.3 is 18.0 Å². The van der Waals surface area contributed by atoms with Gasteiger partial charge < -0.3 is 20.8 Å². The highest BCUT2D eigenvalue weighted by Crippen LogP contribution is 2.39. The topological polar surface area (TPSA) is 188 Å². The summed E-state index contributed by atoms with van der Waals surface area (Å²) in [6.07, 6.45) is -0.801. The third-order valence-electron chi connectivity index (χ3n) is 7.19. The molecule has 4 N–H and O–H groups in total. The number of carboxylic acid groups (broad SMARTS) is 1. The second kappa shape index (κ2) is 12.8. The van der Waals surface area contributed by atoms with Crippen LogP contribution < -0.4 is 10.6 Å². The second-order valence-corrected chi connectivity index (χ2v) is 10.2. The maximum Gasteiger partial charge on any atom is 0.363 e. The highest BCUT2D eigenvalue weighted by atomic mass is 16.7. The van der Waals surface area contributed by atoms with Gasteiger partial charge in [0.2, 0.25) is 5.91 Å². The van der Waals surface area contributed by atoms with E-state index in [2.05, 4.69) is 0 Å². The third kappa shape index (κ3) is 6.13. The molecular weight excluding hydrogens is 572 g/mol. The summed E-state index contributed by atoms with van der Waals surface area (Å²) in [5, 5.41) is 19.2. The van der Waals surface area contributed by atoms with Gasteiger partial charge in [-0.1, -0.05) is 65.7 Å². The first-order valence-electron chi connectivity index (χ1n) is 13.4. The number of ketones is 1. The van der Waals surface area contributed by atoms with Crippen LogP contribution in [0.3, 0.4) is 0 Å². The Morgan fingerprint density at radius 1 is 0.932 bits per heavy atom. The number of benzene rings is 3. The summed E-state index contributed by atoms with van der Waals surface area (Å²) < 4.78 is 0. The van der Waals surface area contributed by atoms with Gasteiger partial charge in [0, 0.05) is 12.2 Å². The number of hydrogen-bond donors (Lipinski definition) is 3. The van der Waals surface area contributed by atoms with E-state index in [-0.39, 0.29) is 23.0 Å². The van der Waals surface area contributed by atoms with Crippen LogP contribution in [0.25, 0.3) is 0 Å². The Kier molecular flexibility index (Phi) is 9.09. The van der Waals surface area contributed by atoms with Crippen molar-refractivity contribution >= 4 is 41.3 Å². The SMILES string of the molecule is CC(=O)[C@@H](C(=O)ON1C(=O)N(Cc2ccccc2)[C@](C)(c2ccc(O)cc2)C1=O)N(C(=O)[C@@H](N)CC(=O)O)c1ccccc1. The van der Waals surface area contributed by atoms with E-state index in [1.165, 1.54) is 60.4 Å². The second-order valence-electron chi connectivity index (χ2n) is 10.2. The van der Waals surface area contributed by atoms with Crippen molar-refractivity contribution in [3.63, 3.8) is 0 Å². The lowest BCUT2D eigenvalue weighted by Crippen LogP contribution is -2.56. The quantitative estimate of drug-likeness (QED) is 0.217. The molecule has 3 atom stereocenters. The number of para-hydroxylation sites is 1. The first-order chi connectivity index (χ1) is 20.9. The minimum absolute atomic E-state index is 0.0224. The lowest BCUT2D eigenvalue weighted by atomic mass is 9.90. The summed E-state index contributed by atoms with van der Waals surface area (Å²) in [6, 6.07) is 17.0. The first-order valence-corrected chi connectivity index (χ1v) is 13.4. The van der Waals surface area contributed by atoms with Crippen molar-refractivity contribution < 1.29 is 43.8 Å². The lowest BCUT2D eigenvalue weighted by Gasteiger charge is -2.32. The summed E-state index contributed by atoms with van der Waals surface area (Å²) >= 11 is 0. The van der Waals surface area contributed by atoms with Crippen molar-refractivity contribution in [2.75, 3.05) is 4.90 Å². The number of aliphatic carboxylic acids is 1. The fourth-order valence-electron chi connectivity index (χ4n) is 4.88. The molecular formula is C31H30N4O9. The molecule has 0 aromatic heterocycles. The van der Waals surface area contributed by atoms with Crippen LogP contribution in [-0.4, -0.2) is 67.8 Å². The molecule has 1 aliphatic rings. The largest absolute Gasteiger partial charge is 0.508 e. The van der Waals surface area contributed by atoms with Crippen molar-refractivity contribution in [1.29, 1.82) is 0 Å². The van der Waals surface area contributed by atoms with E-state index in [0.29, 0.717) is 16.0 Å². The van der Waals surface area contributed by atoms with Crippen LogP contribution in [0.1, 0.15) is 31.4 Å². The van der Waals surface area contributed by atoms with E-state index in [1.807, 2.05) is 0 Å². The van der Waals surface area contributed by atoms with E-state index in [1.54, 1.807) is 36.4 Å². The van der Waals surface area contributed by atoms with E-state index < -0.39 is 59.6 Å². The number of carboxylic acids is 1. The van der Waals surface area contributed by atoms with Crippen LogP contribution in [-0.2, 0) is 40.9 Å². The van der Waals surface area contributed by atoms with Crippen LogP contribution >= 0.6 is 0 Å². The Balaban J connectivity index is 1.73. The molecule has 1 aliphatic heterocycles. The average molecular weight is 603 g/mol. The number of amides is 4. The number of rotatable bonds is 11. The average Bonchev–Trinajstić information content (AvgIpc) is 3.17. The molecule has 1 fully saturated rings. The normalized spacial score (nSPS) is 17.6. The number of nitrogens with two attached hydrogens (primary N) is 1. The van der Waals surface area contributed by atoms with Gasteiger partial charge in [-0.05, 0) is 49.2 Å². The maximum absolute atomic E-state index is 13.9. The number of nitrogens with zero attached hydrogens (tertiary/aromatic N) is 3. The van der Waals surface area contributed by atoms with Gasteiger partial charge in [0.1, 0.15) is 11.3 Å². The van der Waals surface area contributed by atoms with Gasteiger partial charge in [0.05, 0.1) is 12.5 Å². The van der Waals surface area contributed by atoms with E-state index in [4.69, 9.17) is 15.7 Å². The number of carbonyl (C=O) groups excluding carboxylic acids is 5. The number of imide groups is 1. The minimum Gasteiger partial charge on any atom is -0.508 e. The molecule has 0 radical (unpaired) electrons. The zero-order valence-electron chi connectivity index (χ0n) is 23.8. The molecule has 0 unspecified atom stereocenters. The zero-order chi connectivity index (χ0) is 32.2. The zero-order valence-corrected chi connectivity index (χ0v) is 23.8. The molecule has 3 aromatic carbocycles. The van der Waals surface area contributed by atoms with Gasteiger partial charge in [0.15, 0.2) is 11.8 Å². The van der Waals surface area contributed by atoms with Crippen molar-refractivity contribution in [2.24, 2.45) is 5.73 Å². The van der Waals surface area contributed by atoms with Crippen LogP contribution in [0, 0.1) is 0 Å². The van der Waals surface area contributed by atoms with Crippen molar-refractivity contribution in [3.8, 4) is 5.75 Å². The maximum atomic E-state index is 13.9. The summed E-state index contributed by atoms with van der Waals surface area (Å²) in [7, 11) is 0. The van der Waals surface area contributed by atoms with Gasteiger partial charge in [-0.25, -0.2) is 9.59 Å². The number of phenols is 1. The Labute approximate surface area is 252 Å². The minimum atomic E-state index is -2.03. The fourth-order valence-corrected chi connectivity index (χ4v) is 4.88. The molecule has 0 aliphatic carbocycles. The number of urea groups is 1. The smallest absolute Gasteiger partial charge is 0.363 e. The fraction of sp³-hybridized carbons (Fsp3) is 0.226. The Morgan fingerprint density at radius 3 is 2.05 bits per heavy atom. The number of anilines is 1. The Morgan fingerprint density at radius 2 is 1.50 bits per heavy atom. The van der Waals surface area contributed by atoms with E-state index in [9.17, 15) is 33.9 Å². The van der Waals surface area contributed by atoms with Crippen molar-refractivity contribution in [2.45, 2.75) is 44.4 Å². The molecule has 4 rings (SSSR count). The van der Waals surface area contributed by atoms with Crippen LogP contribution in [0.5, 0.6) is 5.75 Å². The summed E-state index contributed by atoms with van der Waals surface area (Å²) in [4.78, 5) is 86.1. The molecule has 0 saturated carbocycles.